The number of hydrogen-bond acceptors (Lipinski definition) is 6. The standard InChI is InChI=1S/C24H24FN5O/c1-14-6-4-7-16-8-5-9-17(19(14)16)21-20(25)22-18(12-27-21)23(29-24(28-22)31-3)30-11-10-26-15(2)13-30/h4-9,12,15,26H,10-11,13H2,1-3H3/t15-/m0/s1. The molecule has 1 aliphatic rings. The van der Waals surface area contributed by atoms with Crippen LogP contribution in [0.3, 0.4) is 0 Å². The van der Waals surface area contributed by atoms with E-state index in [1.54, 1.807) is 6.20 Å². The van der Waals surface area contributed by atoms with Crippen LogP contribution in [0.15, 0.2) is 42.6 Å². The summed E-state index contributed by atoms with van der Waals surface area (Å²) in [7, 11) is 1.50. The van der Waals surface area contributed by atoms with Gasteiger partial charge in [0, 0.05) is 37.4 Å². The van der Waals surface area contributed by atoms with Crippen molar-refractivity contribution in [2.45, 2.75) is 19.9 Å². The minimum atomic E-state index is -0.460. The van der Waals surface area contributed by atoms with Gasteiger partial charge < -0.3 is 15.0 Å². The molecule has 0 spiro atoms. The van der Waals surface area contributed by atoms with Gasteiger partial charge in [-0.25, -0.2) is 4.39 Å². The predicted octanol–water partition coefficient (Wildman–Crippen LogP) is 4.10. The Kier molecular flexibility index (Phi) is 4.90. The first-order chi connectivity index (χ1) is 15.1. The van der Waals surface area contributed by atoms with Crippen LogP contribution in [0.25, 0.3) is 32.9 Å². The molecule has 1 N–H and O–H groups in total. The maximum absolute atomic E-state index is 15.9. The lowest BCUT2D eigenvalue weighted by molar-refractivity contribution is 0.380. The van der Waals surface area contributed by atoms with E-state index in [0.717, 1.165) is 41.5 Å². The van der Waals surface area contributed by atoms with Crippen LogP contribution in [0, 0.1) is 12.7 Å². The maximum Gasteiger partial charge on any atom is 0.318 e. The van der Waals surface area contributed by atoms with Crippen molar-refractivity contribution >= 4 is 27.5 Å². The number of piperazine rings is 1. The third-order valence-corrected chi connectivity index (χ3v) is 5.86. The molecule has 0 radical (unpaired) electrons. The van der Waals surface area contributed by atoms with Gasteiger partial charge in [-0.2, -0.15) is 9.97 Å². The number of rotatable bonds is 3. The number of benzene rings is 2. The molecule has 6 nitrogen and oxygen atoms in total. The minimum absolute atomic E-state index is 0.152. The van der Waals surface area contributed by atoms with Crippen LogP contribution in [-0.4, -0.2) is 47.7 Å². The molecule has 2 aromatic heterocycles. The van der Waals surface area contributed by atoms with Crippen LogP contribution in [0.2, 0.25) is 0 Å². The number of anilines is 1. The third-order valence-electron chi connectivity index (χ3n) is 5.86. The molecular weight excluding hydrogens is 393 g/mol. The Morgan fingerprint density at radius 3 is 2.74 bits per heavy atom. The summed E-state index contributed by atoms with van der Waals surface area (Å²) < 4.78 is 21.2. The summed E-state index contributed by atoms with van der Waals surface area (Å²) in [5, 5.41) is 6.05. The monoisotopic (exact) mass is 417 g/mol. The summed E-state index contributed by atoms with van der Waals surface area (Å²) in [6.45, 7) is 6.51. The number of hydrogen-bond donors (Lipinski definition) is 1. The molecule has 3 heterocycles. The average molecular weight is 417 g/mol. The van der Waals surface area contributed by atoms with Gasteiger partial charge in [-0.05, 0) is 30.2 Å². The molecule has 0 aliphatic carbocycles. The molecule has 1 saturated heterocycles. The maximum atomic E-state index is 15.9. The van der Waals surface area contributed by atoms with Crippen LogP contribution < -0.4 is 15.0 Å². The average Bonchev–Trinajstić information content (AvgIpc) is 2.79. The number of ether oxygens (including phenoxy) is 1. The molecule has 0 bridgehead atoms. The van der Waals surface area contributed by atoms with Crippen LogP contribution in [-0.2, 0) is 0 Å². The molecule has 0 unspecified atom stereocenters. The van der Waals surface area contributed by atoms with Gasteiger partial charge in [0.25, 0.3) is 0 Å². The minimum Gasteiger partial charge on any atom is -0.467 e. The van der Waals surface area contributed by atoms with Crippen molar-refractivity contribution in [3.05, 3.63) is 54.0 Å². The topological polar surface area (TPSA) is 63.2 Å². The van der Waals surface area contributed by atoms with Crippen molar-refractivity contribution in [3.8, 4) is 17.3 Å². The van der Waals surface area contributed by atoms with Gasteiger partial charge in [0.15, 0.2) is 5.82 Å². The van der Waals surface area contributed by atoms with Gasteiger partial charge in [-0.3, -0.25) is 4.98 Å². The van der Waals surface area contributed by atoms with Crippen LogP contribution in [0.5, 0.6) is 6.01 Å². The van der Waals surface area contributed by atoms with Crippen molar-refractivity contribution in [2.24, 2.45) is 0 Å². The van der Waals surface area contributed by atoms with Gasteiger partial charge in [-0.1, -0.05) is 36.4 Å². The Hall–Kier alpha value is -3.32. The highest BCUT2D eigenvalue weighted by Gasteiger charge is 2.24. The highest BCUT2D eigenvalue weighted by Crippen LogP contribution is 2.35. The normalized spacial score (nSPS) is 16.8. The highest BCUT2D eigenvalue weighted by atomic mass is 19.1. The predicted molar refractivity (Wildman–Crippen MR) is 121 cm³/mol. The summed E-state index contributed by atoms with van der Waals surface area (Å²) in [4.78, 5) is 15.6. The summed E-state index contributed by atoms with van der Waals surface area (Å²) in [5.41, 5.74) is 2.34. The molecule has 1 fully saturated rings. The molecule has 1 atom stereocenters. The Labute approximate surface area is 180 Å². The first-order valence-electron chi connectivity index (χ1n) is 10.4. The Morgan fingerprint density at radius 2 is 1.97 bits per heavy atom. The summed E-state index contributed by atoms with van der Waals surface area (Å²) in [5.74, 6) is 0.195. The molecule has 0 saturated carbocycles. The van der Waals surface area contributed by atoms with E-state index in [2.05, 4.69) is 32.1 Å². The molecule has 0 amide bonds. The fourth-order valence-corrected chi connectivity index (χ4v) is 4.39. The summed E-state index contributed by atoms with van der Waals surface area (Å²) in [6.07, 6.45) is 1.69. The number of pyridine rings is 1. The largest absolute Gasteiger partial charge is 0.467 e. The number of fused-ring (bicyclic) bond motifs is 2. The van der Waals surface area contributed by atoms with Crippen molar-refractivity contribution in [2.75, 3.05) is 31.6 Å². The van der Waals surface area contributed by atoms with E-state index in [9.17, 15) is 0 Å². The molecule has 1 aliphatic heterocycles. The zero-order valence-electron chi connectivity index (χ0n) is 17.8. The van der Waals surface area contributed by atoms with Crippen molar-refractivity contribution in [1.82, 2.24) is 20.3 Å². The first-order valence-corrected chi connectivity index (χ1v) is 10.4. The van der Waals surface area contributed by atoms with E-state index in [1.807, 2.05) is 43.3 Å². The SMILES string of the molecule is COc1nc(N2CCN[C@@H](C)C2)c2cnc(-c3cccc4cccc(C)c34)c(F)c2n1. The van der Waals surface area contributed by atoms with Crippen LogP contribution in [0.4, 0.5) is 10.2 Å². The van der Waals surface area contributed by atoms with E-state index >= 15 is 4.39 Å². The molecule has 2 aromatic carbocycles. The highest BCUT2D eigenvalue weighted by molar-refractivity contribution is 6.00. The molecule has 158 valence electrons. The van der Waals surface area contributed by atoms with Gasteiger partial charge >= 0.3 is 6.01 Å². The van der Waals surface area contributed by atoms with Gasteiger partial charge in [0.2, 0.25) is 0 Å². The van der Waals surface area contributed by atoms with E-state index in [4.69, 9.17) is 4.74 Å². The van der Waals surface area contributed by atoms with Crippen molar-refractivity contribution in [3.63, 3.8) is 0 Å². The van der Waals surface area contributed by atoms with Gasteiger partial charge in [-0.15, -0.1) is 0 Å². The zero-order chi connectivity index (χ0) is 21.5. The van der Waals surface area contributed by atoms with Gasteiger partial charge in [0.05, 0.1) is 12.5 Å². The Balaban J connectivity index is 1.74. The second kappa shape index (κ2) is 7.74. The quantitative estimate of drug-likeness (QED) is 0.542. The lowest BCUT2D eigenvalue weighted by Gasteiger charge is -2.33. The molecular formula is C24H24FN5O. The number of aryl methyl sites for hydroxylation is 1. The van der Waals surface area contributed by atoms with E-state index in [-0.39, 0.29) is 17.2 Å². The van der Waals surface area contributed by atoms with E-state index in [1.165, 1.54) is 7.11 Å². The number of halogens is 1. The smallest absolute Gasteiger partial charge is 0.318 e. The number of methoxy groups -OCH3 is 1. The first kappa shape index (κ1) is 19.6. The lowest BCUT2D eigenvalue weighted by Crippen LogP contribution is -2.49. The molecule has 7 heteroatoms. The number of aromatic nitrogens is 3. The summed E-state index contributed by atoms with van der Waals surface area (Å²) >= 11 is 0. The molecule has 4 aromatic rings. The van der Waals surface area contributed by atoms with Crippen LogP contribution in [0.1, 0.15) is 12.5 Å². The zero-order valence-corrected chi connectivity index (χ0v) is 17.8. The second-order valence-corrected chi connectivity index (χ2v) is 8.00. The lowest BCUT2D eigenvalue weighted by atomic mass is 9.97. The van der Waals surface area contributed by atoms with Crippen molar-refractivity contribution < 1.29 is 9.13 Å². The van der Waals surface area contributed by atoms with E-state index < -0.39 is 5.82 Å². The van der Waals surface area contributed by atoms with E-state index in [0.29, 0.717) is 17.2 Å². The fraction of sp³-hybridized carbons (Fsp3) is 0.292. The van der Waals surface area contributed by atoms with Crippen molar-refractivity contribution in [1.29, 1.82) is 0 Å². The van der Waals surface area contributed by atoms with Crippen LogP contribution >= 0.6 is 0 Å². The second-order valence-electron chi connectivity index (χ2n) is 8.00. The number of nitrogens with one attached hydrogen (secondary N) is 1. The fourth-order valence-electron chi connectivity index (χ4n) is 4.39. The Bertz CT molecular complexity index is 1290. The number of nitrogens with zero attached hydrogens (tertiary/aromatic N) is 4. The molecule has 31 heavy (non-hydrogen) atoms. The summed E-state index contributed by atoms with van der Waals surface area (Å²) in [6, 6.07) is 12.4. The Morgan fingerprint density at radius 1 is 1.16 bits per heavy atom. The third kappa shape index (κ3) is 3.35. The molecule has 5 rings (SSSR count). The van der Waals surface area contributed by atoms with Gasteiger partial charge in [0.1, 0.15) is 17.0 Å².